The molecule has 2 fully saturated rings. The van der Waals surface area contributed by atoms with Crippen LogP contribution in [-0.2, 0) is 4.74 Å². The molecule has 4 heteroatoms. The third-order valence-electron chi connectivity index (χ3n) is 2.39. The summed E-state index contributed by atoms with van der Waals surface area (Å²) in [6.45, 7) is 4.59. The van der Waals surface area contributed by atoms with Gasteiger partial charge >= 0.3 is 0 Å². The van der Waals surface area contributed by atoms with Crippen LogP contribution in [0.1, 0.15) is 0 Å². The normalized spacial score (nSPS) is 32.2. The minimum atomic E-state index is 0.0712. The maximum atomic E-state index is 5.70. The summed E-state index contributed by atoms with van der Waals surface area (Å²) in [5.41, 5.74) is 0.0712. The van der Waals surface area contributed by atoms with Crippen molar-refractivity contribution in [3.63, 3.8) is 0 Å². The molecule has 0 aromatic heterocycles. The fourth-order valence-electron chi connectivity index (χ4n) is 2.00. The summed E-state index contributed by atoms with van der Waals surface area (Å²) in [4.78, 5) is 2.25. The average Bonchev–Trinajstić information content (AvgIpc) is 1.84. The Morgan fingerprint density at radius 1 is 1.36 bits per heavy atom. The summed E-state index contributed by atoms with van der Waals surface area (Å²) in [6, 6.07) is 0. The van der Waals surface area contributed by atoms with Gasteiger partial charge in [0, 0.05) is 26.2 Å². The minimum absolute atomic E-state index is 0.0712. The van der Waals surface area contributed by atoms with E-state index in [-0.39, 0.29) is 5.60 Å². The van der Waals surface area contributed by atoms with Crippen LogP contribution in [0.25, 0.3) is 0 Å². The van der Waals surface area contributed by atoms with E-state index in [4.69, 9.17) is 10.6 Å². The smallest absolute Gasteiger partial charge is 0.107 e. The lowest BCUT2D eigenvalue weighted by Crippen LogP contribution is -2.69. The molecule has 11 heavy (non-hydrogen) atoms. The van der Waals surface area contributed by atoms with Crippen LogP contribution in [0, 0.1) is 0 Å². The van der Waals surface area contributed by atoms with E-state index in [1.54, 1.807) is 0 Å². The molecular formula is C7H15N3O. The molecule has 0 bridgehead atoms. The Hall–Kier alpha value is -0.160. The fraction of sp³-hybridized carbons (Fsp3) is 1.00. The van der Waals surface area contributed by atoms with E-state index in [1.165, 1.54) is 0 Å². The lowest BCUT2D eigenvalue weighted by Gasteiger charge is -2.51. The maximum absolute atomic E-state index is 5.70. The first-order valence-electron chi connectivity index (χ1n) is 4.02. The Labute approximate surface area is 66.9 Å². The Morgan fingerprint density at radius 2 is 2.09 bits per heavy atom. The molecule has 64 valence electrons. The van der Waals surface area contributed by atoms with E-state index in [0.29, 0.717) is 0 Å². The molecule has 0 saturated carbocycles. The highest BCUT2D eigenvalue weighted by Gasteiger charge is 2.44. The summed E-state index contributed by atoms with van der Waals surface area (Å²) in [5.74, 6) is 5.70. The highest BCUT2D eigenvalue weighted by Crippen LogP contribution is 2.26. The zero-order chi connectivity index (χ0) is 7.90. The van der Waals surface area contributed by atoms with Crippen molar-refractivity contribution in [1.82, 2.24) is 9.91 Å². The molecule has 0 aliphatic carbocycles. The van der Waals surface area contributed by atoms with Crippen LogP contribution in [0.2, 0.25) is 0 Å². The number of likely N-dealkylation sites (tertiary alicyclic amines) is 1. The second kappa shape index (κ2) is 2.42. The SMILES string of the molecule is CN1CC2(C1)CN(N)CCO2. The summed E-state index contributed by atoms with van der Waals surface area (Å²) < 4.78 is 5.68. The van der Waals surface area contributed by atoms with Gasteiger partial charge in [0.05, 0.1) is 6.61 Å². The maximum Gasteiger partial charge on any atom is 0.107 e. The van der Waals surface area contributed by atoms with Crippen molar-refractivity contribution in [2.45, 2.75) is 5.60 Å². The quantitative estimate of drug-likeness (QED) is 0.452. The Morgan fingerprint density at radius 3 is 2.64 bits per heavy atom. The molecule has 2 rings (SSSR count). The second-order valence-corrected chi connectivity index (χ2v) is 3.67. The van der Waals surface area contributed by atoms with E-state index in [9.17, 15) is 0 Å². The molecule has 2 heterocycles. The van der Waals surface area contributed by atoms with Gasteiger partial charge in [0.1, 0.15) is 5.60 Å². The lowest BCUT2D eigenvalue weighted by atomic mass is 9.93. The Kier molecular flexibility index (Phi) is 1.64. The van der Waals surface area contributed by atoms with E-state index < -0.39 is 0 Å². The number of nitrogens with two attached hydrogens (primary N) is 1. The first-order valence-corrected chi connectivity index (χ1v) is 4.02. The summed E-state index contributed by atoms with van der Waals surface area (Å²) in [7, 11) is 2.10. The van der Waals surface area contributed by atoms with E-state index in [2.05, 4.69) is 11.9 Å². The molecule has 0 unspecified atom stereocenters. The van der Waals surface area contributed by atoms with Crippen LogP contribution in [0.5, 0.6) is 0 Å². The molecule has 0 aromatic carbocycles. The number of ether oxygens (including phenoxy) is 1. The molecule has 4 nitrogen and oxygen atoms in total. The van der Waals surface area contributed by atoms with Gasteiger partial charge in [-0.1, -0.05) is 0 Å². The van der Waals surface area contributed by atoms with E-state index >= 15 is 0 Å². The molecular weight excluding hydrogens is 142 g/mol. The van der Waals surface area contributed by atoms with Gasteiger partial charge in [-0.25, -0.2) is 5.01 Å². The van der Waals surface area contributed by atoms with Gasteiger partial charge in [-0.3, -0.25) is 5.84 Å². The van der Waals surface area contributed by atoms with Gasteiger partial charge in [-0.05, 0) is 7.05 Å². The Bertz CT molecular complexity index is 150. The predicted molar refractivity (Wildman–Crippen MR) is 41.9 cm³/mol. The van der Waals surface area contributed by atoms with E-state index in [1.807, 2.05) is 5.01 Å². The molecule has 0 aromatic rings. The standard InChI is InChI=1S/C7H15N3O/c1-9-4-7(5-9)6-10(8)2-3-11-7/h2-6,8H2,1H3. The van der Waals surface area contributed by atoms with Crippen LogP contribution >= 0.6 is 0 Å². The molecule has 0 radical (unpaired) electrons. The van der Waals surface area contributed by atoms with Gasteiger partial charge < -0.3 is 9.64 Å². The number of rotatable bonds is 0. The van der Waals surface area contributed by atoms with E-state index in [0.717, 1.165) is 32.8 Å². The third-order valence-corrected chi connectivity index (χ3v) is 2.39. The molecule has 2 N–H and O–H groups in total. The van der Waals surface area contributed by atoms with Crippen molar-refractivity contribution in [3.05, 3.63) is 0 Å². The summed E-state index contributed by atoms with van der Waals surface area (Å²) in [5, 5.41) is 1.86. The van der Waals surface area contributed by atoms with Crippen LogP contribution < -0.4 is 5.84 Å². The van der Waals surface area contributed by atoms with Gasteiger partial charge in [0.25, 0.3) is 0 Å². The number of nitrogens with zero attached hydrogens (tertiary/aromatic N) is 2. The van der Waals surface area contributed by atoms with Crippen LogP contribution in [-0.4, -0.2) is 55.3 Å². The van der Waals surface area contributed by atoms with Crippen molar-refractivity contribution in [2.24, 2.45) is 5.84 Å². The van der Waals surface area contributed by atoms with Crippen LogP contribution in [0.15, 0.2) is 0 Å². The summed E-state index contributed by atoms with van der Waals surface area (Å²) >= 11 is 0. The fourth-order valence-corrected chi connectivity index (χ4v) is 2.00. The molecule has 1 spiro atoms. The molecule has 0 atom stereocenters. The highest BCUT2D eigenvalue weighted by molar-refractivity contribution is 4.99. The number of hydrogen-bond donors (Lipinski definition) is 1. The first-order chi connectivity index (χ1) is 5.20. The second-order valence-electron chi connectivity index (χ2n) is 3.67. The number of hydrogen-bond acceptors (Lipinski definition) is 4. The number of likely N-dealkylation sites (N-methyl/N-ethyl adjacent to an activating group) is 1. The Balaban J connectivity index is 1.93. The largest absolute Gasteiger partial charge is 0.370 e. The van der Waals surface area contributed by atoms with Gasteiger partial charge in [0.2, 0.25) is 0 Å². The minimum Gasteiger partial charge on any atom is -0.370 e. The molecule has 2 saturated heterocycles. The number of hydrazine groups is 1. The third kappa shape index (κ3) is 1.27. The van der Waals surface area contributed by atoms with Gasteiger partial charge in [-0.15, -0.1) is 0 Å². The van der Waals surface area contributed by atoms with Crippen LogP contribution in [0.4, 0.5) is 0 Å². The lowest BCUT2D eigenvalue weighted by molar-refractivity contribution is -0.177. The molecule has 2 aliphatic rings. The van der Waals surface area contributed by atoms with Crippen molar-refractivity contribution in [1.29, 1.82) is 0 Å². The zero-order valence-corrected chi connectivity index (χ0v) is 6.92. The molecule has 2 aliphatic heterocycles. The average molecular weight is 157 g/mol. The van der Waals surface area contributed by atoms with Crippen molar-refractivity contribution in [3.8, 4) is 0 Å². The highest BCUT2D eigenvalue weighted by atomic mass is 16.5. The molecule has 0 amide bonds. The van der Waals surface area contributed by atoms with Crippen molar-refractivity contribution < 1.29 is 4.74 Å². The van der Waals surface area contributed by atoms with Crippen LogP contribution in [0.3, 0.4) is 0 Å². The van der Waals surface area contributed by atoms with Crippen molar-refractivity contribution >= 4 is 0 Å². The van der Waals surface area contributed by atoms with Gasteiger partial charge in [0.15, 0.2) is 0 Å². The predicted octanol–water partition coefficient (Wildman–Crippen LogP) is -1.12. The summed E-state index contributed by atoms with van der Waals surface area (Å²) in [6.07, 6.45) is 0. The zero-order valence-electron chi connectivity index (χ0n) is 6.92. The first kappa shape index (κ1) is 7.49. The monoisotopic (exact) mass is 157 g/mol. The number of morpholine rings is 1. The van der Waals surface area contributed by atoms with Gasteiger partial charge in [-0.2, -0.15) is 0 Å². The topological polar surface area (TPSA) is 41.7 Å². The van der Waals surface area contributed by atoms with Crippen molar-refractivity contribution in [2.75, 3.05) is 39.8 Å².